The van der Waals surface area contributed by atoms with Gasteiger partial charge in [0.25, 0.3) is 0 Å². The van der Waals surface area contributed by atoms with Crippen molar-refractivity contribution in [1.82, 2.24) is 0 Å². The molecule has 3 nitrogen and oxygen atoms in total. The summed E-state index contributed by atoms with van der Waals surface area (Å²) >= 11 is 12.4. The van der Waals surface area contributed by atoms with Crippen molar-refractivity contribution in [2.24, 2.45) is 35.5 Å². The zero-order valence-electron chi connectivity index (χ0n) is 27.7. The maximum absolute atomic E-state index is 6.37. The summed E-state index contributed by atoms with van der Waals surface area (Å²) in [6.45, 7) is 23.9. The summed E-state index contributed by atoms with van der Waals surface area (Å²) in [5.41, 5.74) is 0. The summed E-state index contributed by atoms with van der Waals surface area (Å²) < 4.78 is 18.3. The SMILES string of the molecule is CCOC(CCCC(C)CC(C)CC(C)CC(C)Cl)OC(CCCC(C)CC(C)CC(C)CC(C)Cl)OCC. The van der Waals surface area contributed by atoms with Crippen LogP contribution in [0.2, 0.25) is 0 Å². The number of halogens is 2. The van der Waals surface area contributed by atoms with E-state index in [1.807, 2.05) is 0 Å². The average Bonchev–Trinajstić information content (AvgIpc) is 2.77. The first-order valence-electron chi connectivity index (χ1n) is 16.5. The van der Waals surface area contributed by atoms with E-state index < -0.39 is 0 Å². The van der Waals surface area contributed by atoms with Gasteiger partial charge in [0.2, 0.25) is 0 Å². The van der Waals surface area contributed by atoms with E-state index in [0.29, 0.717) is 25.0 Å². The van der Waals surface area contributed by atoms with Gasteiger partial charge < -0.3 is 14.2 Å². The number of hydrogen-bond donors (Lipinski definition) is 0. The van der Waals surface area contributed by atoms with Crippen molar-refractivity contribution >= 4 is 23.2 Å². The minimum Gasteiger partial charge on any atom is -0.353 e. The Labute approximate surface area is 255 Å². The topological polar surface area (TPSA) is 27.7 Å². The molecule has 39 heavy (non-hydrogen) atoms. The summed E-state index contributed by atoms with van der Waals surface area (Å²) in [5, 5.41) is 0.550. The average molecular weight is 596 g/mol. The van der Waals surface area contributed by atoms with Crippen LogP contribution in [0.15, 0.2) is 0 Å². The van der Waals surface area contributed by atoms with Gasteiger partial charge in [-0.3, -0.25) is 0 Å². The van der Waals surface area contributed by atoms with Crippen LogP contribution in [0.4, 0.5) is 0 Å². The van der Waals surface area contributed by atoms with Gasteiger partial charge in [-0.1, -0.05) is 54.4 Å². The van der Waals surface area contributed by atoms with Crippen LogP contribution >= 0.6 is 23.2 Å². The second-order valence-electron chi connectivity index (χ2n) is 13.4. The predicted molar refractivity (Wildman–Crippen MR) is 173 cm³/mol. The third-order valence-corrected chi connectivity index (χ3v) is 8.31. The molecule has 0 aromatic heterocycles. The van der Waals surface area contributed by atoms with E-state index >= 15 is 0 Å². The van der Waals surface area contributed by atoms with Crippen molar-refractivity contribution < 1.29 is 14.2 Å². The molecule has 0 aliphatic rings. The Morgan fingerprint density at radius 3 is 1.05 bits per heavy atom. The molecular weight excluding hydrogens is 527 g/mol. The van der Waals surface area contributed by atoms with Crippen LogP contribution in [-0.4, -0.2) is 36.5 Å². The lowest BCUT2D eigenvalue weighted by Crippen LogP contribution is -2.27. The summed E-state index contributed by atoms with van der Waals surface area (Å²) in [6, 6.07) is 0. The van der Waals surface area contributed by atoms with E-state index in [4.69, 9.17) is 37.4 Å². The molecule has 0 radical (unpaired) electrons. The van der Waals surface area contributed by atoms with Crippen molar-refractivity contribution in [3.8, 4) is 0 Å². The predicted octanol–water partition coefficient (Wildman–Crippen LogP) is 11.5. The molecule has 10 unspecified atom stereocenters. The summed E-state index contributed by atoms with van der Waals surface area (Å²) in [7, 11) is 0. The highest BCUT2D eigenvalue weighted by molar-refractivity contribution is 6.20. The fraction of sp³-hybridized carbons (Fsp3) is 1.00. The Morgan fingerprint density at radius 1 is 0.436 bits per heavy atom. The lowest BCUT2D eigenvalue weighted by atomic mass is 9.86. The highest BCUT2D eigenvalue weighted by Gasteiger charge is 2.20. The summed E-state index contributed by atoms with van der Waals surface area (Å²) in [6.07, 6.45) is 13.5. The largest absolute Gasteiger partial charge is 0.353 e. The first-order chi connectivity index (χ1) is 18.4. The first kappa shape index (κ1) is 39.5. The Bertz CT molecular complexity index is 499. The fourth-order valence-electron chi connectivity index (χ4n) is 6.67. The van der Waals surface area contributed by atoms with Crippen LogP contribution in [-0.2, 0) is 14.2 Å². The van der Waals surface area contributed by atoms with Gasteiger partial charge in [0, 0.05) is 24.0 Å². The monoisotopic (exact) mass is 594 g/mol. The quantitative estimate of drug-likeness (QED) is 0.0735. The zero-order chi connectivity index (χ0) is 29.8. The van der Waals surface area contributed by atoms with Gasteiger partial charge in [0.1, 0.15) is 0 Å². The molecule has 236 valence electrons. The van der Waals surface area contributed by atoms with E-state index in [1.165, 1.54) is 38.5 Å². The number of alkyl halides is 2. The molecule has 0 aliphatic carbocycles. The summed E-state index contributed by atoms with van der Waals surface area (Å²) in [5.74, 6) is 4.33. The van der Waals surface area contributed by atoms with Gasteiger partial charge >= 0.3 is 0 Å². The Kier molecular flexibility index (Phi) is 24.2. The van der Waals surface area contributed by atoms with E-state index in [1.54, 1.807) is 0 Å². The minimum atomic E-state index is -0.176. The van der Waals surface area contributed by atoms with E-state index in [0.717, 1.165) is 62.2 Å². The Hall–Kier alpha value is 0.460. The van der Waals surface area contributed by atoms with Crippen molar-refractivity contribution in [1.29, 1.82) is 0 Å². The highest BCUT2D eigenvalue weighted by atomic mass is 35.5. The van der Waals surface area contributed by atoms with Crippen molar-refractivity contribution in [2.45, 2.75) is 170 Å². The molecule has 0 heterocycles. The Morgan fingerprint density at radius 2 is 0.744 bits per heavy atom. The second-order valence-corrected chi connectivity index (χ2v) is 14.9. The van der Waals surface area contributed by atoms with Crippen LogP contribution in [0, 0.1) is 35.5 Å². The van der Waals surface area contributed by atoms with E-state index in [2.05, 4.69) is 69.2 Å². The first-order valence-corrected chi connectivity index (χ1v) is 17.4. The minimum absolute atomic E-state index is 0.176. The van der Waals surface area contributed by atoms with Crippen LogP contribution in [0.3, 0.4) is 0 Å². The van der Waals surface area contributed by atoms with Crippen LogP contribution in [0.1, 0.15) is 146 Å². The van der Waals surface area contributed by atoms with Gasteiger partial charge in [-0.05, 0) is 127 Å². The van der Waals surface area contributed by atoms with Crippen molar-refractivity contribution in [2.75, 3.05) is 13.2 Å². The van der Waals surface area contributed by atoms with Gasteiger partial charge in [0.15, 0.2) is 12.6 Å². The molecule has 0 fully saturated rings. The van der Waals surface area contributed by atoms with Gasteiger partial charge in [0.05, 0.1) is 0 Å². The second kappa shape index (κ2) is 24.0. The molecule has 0 N–H and O–H groups in total. The lowest BCUT2D eigenvalue weighted by molar-refractivity contribution is -0.247. The molecule has 5 heteroatoms. The molecule has 0 bridgehead atoms. The molecule has 10 atom stereocenters. The number of rotatable bonds is 26. The molecule has 0 rings (SSSR count). The van der Waals surface area contributed by atoms with Crippen LogP contribution < -0.4 is 0 Å². The molecule has 0 amide bonds. The standard InChI is InChI=1S/C34H68Cl2O3/c1-11-37-33(17-13-15-25(3)19-27(5)21-29(7)23-31(9)35)39-34(38-12-2)18-14-16-26(4)20-28(6)22-30(8)24-32(10)36/h25-34H,11-24H2,1-10H3. The maximum Gasteiger partial charge on any atom is 0.160 e. The number of ether oxygens (including phenoxy) is 3. The van der Waals surface area contributed by atoms with E-state index in [9.17, 15) is 0 Å². The summed E-state index contributed by atoms with van der Waals surface area (Å²) in [4.78, 5) is 0. The molecule has 0 aromatic rings. The van der Waals surface area contributed by atoms with Gasteiger partial charge in [-0.15, -0.1) is 23.2 Å². The highest BCUT2D eigenvalue weighted by Crippen LogP contribution is 2.28. The zero-order valence-corrected chi connectivity index (χ0v) is 29.2. The molecule has 0 saturated carbocycles. The smallest absolute Gasteiger partial charge is 0.160 e. The van der Waals surface area contributed by atoms with Gasteiger partial charge in [-0.25, -0.2) is 0 Å². The maximum atomic E-state index is 6.37. The van der Waals surface area contributed by atoms with Crippen molar-refractivity contribution in [3.63, 3.8) is 0 Å². The van der Waals surface area contributed by atoms with Crippen LogP contribution in [0.5, 0.6) is 0 Å². The van der Waals surface area contributed by atoms with Gasteiger partial charge in [-0.2, -0.15) is 0 Å². The molecular formula is C34H68Cl2O3. The van der Waals surface area contributed by atoms with E-state index in [-0.39, 0.29) is 23.3 Å². The lowest BCUT2D eigenvalue weighted by Gasteiger charge is -2.26. The molecule has 0 aliphatic heterocycles. The third-order valence-electron chi connectivity index (χ3n) is 7.96. The molecule has 0 aromatic carbocycles. The van der Waals surface area contributed by atoms with Crippen LogP contribution in [0.25, 0.3) is 0 Å². The molecule has 0 saturated heterocycles. The Balaban J connectivity index is 4.46. The normalized spacial score (nSPS) is 20.0. The molecule has 0 spiro atoms. The number of hydrogen-bond acceptors (Lipinski definition) is 3. The van der Waals surface area contributed by atoms with Crippen molar-refractivity contribution in [3.05, 3.63) is 0 Å². The third kappa shape index (κ3) is 23.7. The fourth-order valence-corrected chi connectivity index (χ4v) is 7.27.